The lowest BCUT2D eigenvalue weighted by Gasteiger charge is -2.13. The van der Waals surface area contributed by atoms with Crippen molar-refractivity contribution in [3.8, 4) is 0 Å². The first-order valence-electron chi connectivity index (χ1n) is 7.41. The van der Waals surface area contributed by atoms with Crippen molar-refractivity contribution in [3.05, 3.63) is 51.7 Å². The molecule has 25 heavy (non-hydrogen) atoms. The zero-order valence-corrected chi connectivity index (χ0v) is 14.5. The molecule has 0 aliphatic heterocycles. The average Bonchev–Trinajstić information content (AvgIpc) is 2.54. The van der Waals surface area contributed by atoms with Crippen LogP contribution in [0.2, 0.25) is 0 Å². The van der Waals surface area contributed by atoms with Gasteiger partial charge in [0.25, 0.3) is 5.56 Å². The van der Waals surface area contributed by atoms with E-state index in [1.54, 1.807) is 0 Å². The van der Waals surface area contributed by atoms with Gasteiger partial charge in [0.2, 0.25) is 5.91 Å². The number of H-pyrrole nitrogens is 1. The molecule has 0 aliphatic carbocycles. The number of benzene rings is 1. The predicted molar refractivity (Wildman–Crippen MR) is 89.2 cm³/mol. The SMILES string of the molecule is CC(Sc1nc(C(C)C)cc(=O)[nH]1)C(=O)Nc1ccc(F)c(F)c1F. The highest BCUT2D eigenvalue weighted by Gasteiger charge is 2.20. The van der Waals surface area contributed by atoms with Crippen molar-refractivity contribution in [3.63, 3.8) is 0 Å². The van der Waals surface area contributed by atoms with E-state index in [0.29, 0.717) is 5.69 Å². The molecule has 0 saturated carbocycles. The number of carbonyl (C=O) groups is 1. The fourth-order valence-corrected chi connectivity index (χ4v) is 2.70. The van der Waals surface area contributed by atoms with E-state index < -0.39 is 34.3 Å². The Kier molecular flexibility index (Phi) is 5.89. The van der Waals surface area contributed by atoms with E-state index in [1.165, 1.54) is 13.0 Å². The van der Waals surface area contributed by atoms with Gasteiger partial charge in [-0.05, 0) is 25.0 Å². The Balaban J connectivity index is 2.14. The van der Waals surface area contributed by atoms with Gasteiger partial charge < -0.3 is 10.3 Å². The van der Waals surface area contributed by atoms with Gasteiger partial charge in [-0.25, -0.2) is 18.2 Å². The van der Waals surface area contributed by atoms with Gasteiger partial charge in [0.1, 0.15) is 0 Å². The highest BCUT2D eigenvalue weighted by atomic mass is 32.2. The van der Waals surface area contributed by atoms with E-state index in [0.717, 1.165) is 23.9 Å². The Morgan fingerprint density at radius 3 is 2.52 bits per heavy atom. The summed E-state index contributed by atoms with van der Waals surface area (Å²) < 4.78 is 39.7. The lowest BCUT2D eigenvalue weighted by atomic mass is 10.1. The second kappa shape index (κ2) is 7.73. The van der Waals surface area contributed by atoms with Gasteiger partial charge in [0, 0.05) is 6.07 Å². The third-order valence-corrected chi connectivity index (χ3v) is 4.27. The van der Waals surface area contributed by atoms with E-state index in [9.17, 15) is 22.8 Å². The lowest BCUT2D eigenvalue weighted by molar-refractivity contribution is -0.115. The molecular formula is C16H16F3N3O2S. The van der Waals surface area contributed by atoms with Crippen LogP contribution in [0.5, 0.6) is 0 Å². The minimum absolute atomic E-state index is 0.0297. The molecule has 2 N–H and O–H groups in total. The Labute approximate surface area is 146 Å². The summed E-state index contributed by atoms with van der Waals surface area (Å²) in [7, 11) is 0. The van der Waals surface area contributed by atoms with Gasteiger partial charge in [-0.3, -0.25) is 9.59 Å². The average molecular weight is 371 g/mol. The van der Waals surface area contributed by atoms with Gasteiger partial charge in [-0.2, -0.15) is 0 Å². The molecule has 1 aromatic heterocycles. The molecule has 5 nitrogen and oxygen atoms in total. The van der Waals surface area contributed by atoms with Crippen LogP contribution in [0.15, 0.2) is 28.2 Å². The van der Waals surface area contributed by atoms with Gasteiger partial charge in [0.15, 0.2) is 22.6 Å². The maximum Gasteiger partial charge on any atom is 0.251 e. The second-order valence-corrected chi connectivity index (χ2v) is 6.93. The number of aromatic nitrogens is 2. The smallest absolute Gasteiger partial charge is 0.251 e. The molecule has 0 fully saturated rings. The third kappa shape index (κ3) is 4.62. The number of hydrogen-bond acceptors (Lipinski definition) is 4. The van der Waals surface area contributed by atoms with Crippen LogP contribution in [-0.4, -0.2) is 21.1 Å². The van der Waals surface area contributed by atoms with Crippen molar-refractivity contribution in [1.29, 1.82) is 0 Å². The van der Waals surface area contributed by atoms with Crippen molar-refractivity contribution in [2.75, 3.05) is 5.32 Å². The molecule has 0 radical (unpaired) electrons. The van der Waals surface area contributed by atoms with Crippen molar-refractivity contribution >= 4 is 23.4 Å². The zero-order valence-electron chi connectivity index (χ0n) is 13.7. The number of nitrogens with one attached hydrogen (secondary N) is 2. The largest absolute Gasteiger partial charge is 0.323 e. The maximum absolute atomic E-state index is 13.6. The number of rotatable bonds is 5. The molecule has 0 aliphatic rings. The van der Waals surface area contributed by atoms with E-state index >= 15 is 0 Å². The number of hydrogen-bond donors (Lipinski definition) is 2. The minimum Gasteiger partial charge on any atom is -0.323 e. The lowest BCUT2D eigenvalue weighted by Crippen LogP contribution is -2.24. The van der Waals surface area contributed by atoms with Crippen LogP contribution < -0.4 is 10.9 Å². The normalized spacial score (nSPS) is 12.3. The summed E-state index contributed by atoms with van der Waals surface area (Å²) in [6.07, 6.45) is 0. The molecule has 2 aromatic rings. The van der Waals surface area contributed by atoms with Crippen LogP contribution in [0.4, 0.5) is 18.9 Å². The molecule has 134 valence electrons. The van der Waals surface area contributed by atoms with Crippen LogP contribution in [-0.2, 0) is 4.79 Å². The van der Waals surface area contributed by atoms with E-state index in [2.05, 4.69) is 15.3 Å². The molecule has 0 bridgehead atoms. The number of carbonyl (C=O) groups excluding carboxylic acids is 1. The molecule has 2 rings (SSSR count). The van der Waals surface area contributed by atoms with E-state index in [4.69, 9.17) is 0 Å². The molecule has 1 amide bonds. The summed E-state index contributed by atoms with van der Waals surface area (Å²) >= 11 is 0.961. The van der Waals surface area contributed by atoms with Gasteiger partial charge in [-0.15, -0.1) is 0 Å². The Morgan fingerprint density at radius 2 is 1.88 bits per heavy atom. The Hall–Kier alpha value is -2.29. The second-order valence-electron chi connectivity index (χ2n) is 5.60. The number of aromatic amines is 1. The molecule has 0 saturated heterocycles. The maximum atomic E-state index is 13.6. The monoisotopic (exact) mass is 371 g/mol. The van der Waals surface area contributed by atoms with Crippen molar-refractivity contribution in [2.24, 2.45) is 0 Å². The Morgan fingerprint density at radius 1 is 1.20 bits per heavy atom. The van der Waals surface area contributed by atoms with Gasteiger partial charge >= 0.3 is 0 Å². The van der Waals surface area contributed by atoms with Gasteiger partial charge in [0.05, 0.1) is 16.6 Å². The first kappa shape index (κ1) is 19.0. The predicted octanol–water partition coefficient (Wildman–Crippen LogP) is 3.43. The van der Waals surface area contributed by atoms with Gasteiger partial charge in [-0.1, -0.05) is 25.6 Å². The zero-order chi connectivity index (χ0) is 18.7. The topological polar surface area (TPSA) is 74.8 Å². The molecule has 1 unspecified atom stereocenters. The molecule has 1 aromatic carbocycles. The van der Waals surface area contributed by atoms with Crippen LogP contribution in [0.3, 0.4) is 0 Å². The molecule has 9 heteroatoms. The number of nitrogens with zero attached hydrogens (tertiary/aromatic N) is 1. The van der Waals surface area contributed by atoms with Crippen LogP contribution >= 0.6 is 11.8 Å². The number of halogens is 3. The molecule has 1 atom stereocenters. The number of anilines is 1. The summed E-state index contributed by atoms with van der Waals surface area (Å²) in [5, 5.41) is 1.66. The molecule has 1 heterocycles. The van der Waals surface area contributed by atoms with Crippen molar-refractivity contribution in [1.82, 2.24) is 9.97 Å². The van der Waals surface area contributed by atoms with E-state index in [1.807, 2.05) is 13.8 Å². The fourth-order valence-electron chi connectivity index (χ4n) is 1.88. The highest BCUT2D eigenvalue weighted by Crippen LogP contribution is 2.24. The standard InChI is InChI=1S/C16H16F3N3O2S/c1-7(2)11-6-12(23)22-16(21-11)25-8(3)15(24)20-10-5-4-9(17)13(18)14(10)19/h4-8H,1-3H3,(H,20,24)(H,21,22,23). The summed E-state index contributed by atoms with van der Waals surface area (Å²) in [4.78, 5) is 30.5. The first-order valence-corrected chi connectivity index (χ1v) is 8.29. The summed E-state index contributed by atoms with van der Waals surface area (Å²) in [6.45, 7) is 5.26. The molecular weight excluding hydrogens is 355 g/mol. The first-order chi connectivity index (χ1) is 11.7. The highest BCUT2D eigenvalue weighted by molar-refractivity contribution is 8.00. The van der Waals surface area contributed by atoms with Crippen molar-refractivity contribution < 1.29 is 18.0 Å². The van der Waals surface area contributed by atoms with Crippen LogP contribution in [0.25, 0.3) is 0 Å². The van der Waals surface area contributed by atoms with Crippen LogP contribution in [0.1, 0.15) is 32.4 Å². The minimum atomic E-state index is -1.66. The third-order valence-electron chi connectivity index (χ3n) is 3.28. The van der Waals surface area contributed by atoms with Crippen molar-refractivity contribution in [2.45, 2.75) is 37.1 Å². The summed E-state index contributed by atoms with van der Waals surface area (Å²) in [5.74, 6) is -5.09. The molecule has 0 spiro atoms. The van der Waals surface area contributed by atoms with E-state index in [-0.39, 0.29) is 16.6 Å². The fraction of sp³-hybridized carbons (Fsp3) is 0.312. The summed E-state index contributed by atoms with van der Waals surface area (Å²) in [5.41, 5.74) is -0.236. The Bertz CT molecular complexity index is 855. The number of thioether (sulfide) groups is 1. The quantitative estimate of drug-likeness (QED) is 0.480. The van der Waals surface area contributed by atoms with Crippen LogP contribution in [0, 0.1) is 17.5 Å². The number of amides is 1. The summed E-state index contributed by atoms with van der Waals surface area (Å²) in [6, 6.07) is 3.02.